The Kier molecular flexibility index (Phi) is 3.47. The molecule has 3 rings (SSSR count). The monoisotopic (exact) mass is 329 g/mol. The molecule has 2 heterocycles. The van der Waals surface area contributed by atoms with Gasteiger partial charge in [-0.25, -0.2) is 9.97 Å². The Morgan fingerprint density at radius 3 is 2.30 bits per heavy atom. The van der Waals surface area contributed by atoms with Gasteiger partial charge in [0.05, 0.1) is 10.7 Å². The number of aryl methyl sites for hydroxylation is 1. The third kappa shape index (κ3) is 2.85. The summed E-state index contributed by atoms with van der Waals surface area (Å²) in [7, 11) is 1.91. The van der Waals surface area contributed by atoms with Crippen molar-refractivity contribution in [2.75, 3.05) is 5.32 Å². The van der Waals surface area contributed by atoms with Crippen LogP contribution in [0.1, 0.15) is 0 Å². The second-order valence-electron chi connectivity index (χ2n) is 4.33. The normalized spacial score (nSPS) is 10.5. The Labute approximate surface area is 124 Å². The predicted molar refractivity (Wildman–Crippen MR) is 81.7 cm³/mol. The van der Waals surface area contributed by atoms with E-state index in [4.69, 9.17) is 0 Å². The van der Waals surface area contributed by atoms with Crippen LogP contribution in [0, 0.1) is 0 Å². The van der Waals surface area contributed by atoms with Crippen LogP contribution in [0.5, 0.6) is 0 Å². The maximum Gasteiger partial charge on any atom is 0.227 e. The molecule has 0 aliphatic heterocycles. The van der Waals surface area contributed by atoms with E-state index in [-0.39, 0.29) is 0 Å². The van der Waals surface area contributed by atoms with E-state index in [1.165, 1.54) is 0 Å². The van der Waals surface area contributed by atoms with Crippen molar-refractivity contribution in [3.8, 4) is 11.1 Å². The quantitative estimate of drug-likeness (QED) is 0.800. The predicted octanol–water partition coefficient (Wildman–Crippen LogP) is 3.38. The topological polar surface area (TPSA) is 55.6 Å². The van der Waals surface area contributed by atoms with Crippen LogP contribution in [0.25, 0.3) is 11.1 Å². The molecule has 0 radical (unpaired) electrons. The molecule has 5 nitrogen and oxygen atoms in total. The van der Waals surface area contributed by atoms with E-state index >= 15 is 0 Å². The highest BCUT2D eigenvalue weighted by molar-refractivity contribution is 9.10. The molecule has 2 aromatic heterocycles. The van der Waals surface area contributed by atoms with Gasteiger partial charge in [-0.3, -0.25) is 4.68 Å². The number of nitrogens with zero attached hydrogens (tertiary/aromatic N) is 4. The van der Waals surface area contributed by atoms with E-state index in [1.54, 1.807) is 17.1 Å². The summed E-state index contributed by atoms with van der Waals surface area (Å²) in [5, 5.41) is 7.32. The molecule has 0 spiro atoms. The van der Waals surface area contributed by atoms with E-state index in [2.05, 4.69) is 36.3 Å². The van der Waals surface area contributed by atoms with Crippen LogP contribution in [0.4, 0.5) is 11.6 Å². The summed E-state index contributed by atoms with van der Waals surface area (Å²) in [4.78, 5) is 8.35. The maximum atomic E-state index is 4.18. The minimum Gasteiger partial charge on any atom is -0.324 e. The first-order valence-corrected chi connectivity index (χ1v) is 6.84. The third-order valence-corrected chi connectivity index (χ3v) is 3.21. The lowest BCUT2D eigenvalue weighted by Crippen LogP contribution is -1.95. The second-order valence-corrected chi connectivity index (χ2v) is 5.25. The molecule has 0 saturated carbocycles. The van der Waals surface area contributed by atoms with Crippen LogP contribution in [-0.4, -0.2) is 19.7 Å². The number of benzene rings is 1. The zero-order valence-corrected chi connectivity index (χ0v) is 12.4. The molecule has 3 aromatic rings. The summed E-state index contributed by atoms with van der Waals surface area (Å²) in [6.07, 6.45) is 7.25. The van der Waals surface area contributed by atoms with Crippen LogP contribution in [0.2, 0.25) is 0 Å². The first-order chi connectivity index (χ1) is 9.70. The van der Waals surface area contributed by atoms with E-state index in [0.29, 0.717) is 5.95 Å². The van der Waals surface area contributed by atoms with Crippen molar-refractivity contribution in [2.24, 2.45) is 7.05 Å². The molecule has 0 atom stereocenters. The number of rotatable bonds is 3. The van der Waals surface area contributed by atoms with Gasteiger partial charge < -0.3 is 5.32 Å². The Morgan fingerprint density at radius 1 is 1.00 bits per heavy atom. The van der Waals surface area contributed by atoms with Crippen molar-refractivity contribution in [1.82, 2.24) is 19.7 Å². The van der Waals surface area contributed by atoms with Crippen molar-refractivity contribution < 1.29 is 0 Å². The van der Waals surface area contributed by atoms with Gasteiger partial charge in [0.1, 0.15) is 0 Å². The van der Waals surface area contributed by atoms with E-state index in [0.717, 1.165) is 21.3 Å². The van der Waals surface area contributed by atoms with Gasteiger partial charge in [-0.1, -0.05) is 12.1 Å². The molecule has 0 bridgehead atoms. The lowest BCUT2D eigenvalue weighted by Gasteiger charge is -2.05. The molecular formula is C14H12BrN5. The van der Waals surface area contributed by atoms with Gasteiger partial charge in [-0.2, -0.15) is 5.10 Å². The molecule has 0 fully saturated rings. The van der Waals surface area contributed by atoms with E-state index in [1.807, 2.05) is 43.7 Å². The fourth-order valence-corrected chi connectivity index (χ4v) is 2.03. The largest absolute Gasteiger partial charge is 0.324 e. The average Bonchev–Trinajstić information content (AvgIpc) is 2.89. The highest BCUT2D eigenvalue weighted by Gasteiger charge is 2.01. The Morgan fingerprint density at radius 2 is 1.70 bits per heavy atom. The number of hydrogen-bond acceptors (Lipinski definition) is 4. The first-order valence-electron chi connectivity index (χ1n) is 6.04. The Bertz CT molecular complexity index is 703. The summed E-state index contributed by atoms with van der Waals surface area (Å²) in [6.45, 7) is 0. The number of nitrogens with one attached hydrogen (secondary N) is 1. The molecule has 100 valence electrons. The second kappa shape index (κ2) is 5.42. The fraction of sp³-hybridized carbons (Fsp3) is 0.0714. The Balaban J connectivity index is 1.77. The highest BCUT2D eigenvalue weighted by Crippen LogP contribution is 2.21. The molecule has 0 aliphatic rings. The maximum absolute atomic E-state index is 4.18. The van der Waals surface area contributed by atoms with Crippen LogP contribution in [0.15, 0.2) is 53.5 Å². The molecular weight excluding hydrogens is 318 g/mol. The summed E-state index contributed by atoms with van der Waals surface area (Å²) < 4.78 is 2.65. The van der Waals surface area contributed by atoms with Gasteiger partial charge in [0.15, 0.2) is 0 Å². The summed E-state index contributed by atoms with van der Waals surface area (Å²) >= 11 is 3.31. The minimum absolute atomic E-state index is 0.572. The highest BCUT2D eigenvalue weighted by atomic mass is 79.9. The molecule has 0 amide bonds. The van der Waals surface area contributed by atoms with Crippen molar-refractivity contribution >= 4 is 27.6 Å². The van der Waals surface area contributed by atoms with E-state index in [9.17, 15) is 0 Å². The van der Waals surface area contributed by atoms with Crippen LogP contribution in [-0.2, 0) is 7.05 Å². The van der Waals surface area contributed by atoms with Crippen molar-refractivity contribution in [1.29, 1.82) is 0 Å². The molecule has 0 aliphatic carbocycles. The van der Waals surface area contributed by atoms with Crippen molar-refractivity contribution in [2.45, 2.75) is 0 Å². The third-order valence-electron chi connectivity index (χ3n) is 2.80. The van der Waals surface area contributed by atoms with Gasteiger partial charge in [0.2, 0.25) is 5.95 Å². The summed E-state index contributed by atoms with van der Waals surface area (Å²) in [6, 6.07) is 8.07. The van der Waals surface area contributed by atoms with Gasteiger partial charge in [-0.05, 0) is 33.6 Å². The zero-order chi connectivity index (χ0) is 13.9. The van der Waals surface area contributed by atoms with Crippen LogP contribution >= 0.6 is 15.9 Å². The number of anilines is 2. The Hall–Kier alpha value is -2.21. The van der Waals surface area contributed by atoms with Gasteiger partial charge >= 0.3 is 0 Å². The van der Waals surface area contributed by atoms with Crippen molar-refractivity contribution in [3.05, 3.63) is 53.5 Å². The average molecular weight is 330 g/mol. The van der Waals surface area contributed by atoms with Crippen molar-refractivity contribution in [3.63, 3.8) is 0 Å². The van der Waals surface area contributed by atoms with Crippen LogP contribution in [0.3, 0.4) is 0 Å². The zero-order valence-electron chi connectivity index (χ0n) is 10.8. The van der Waals surface area contributed by atoms with E-state index < -0.39 is 0 Å². The minimum atomic E-state index is 0.572. The van der Waals surface area contributed by atoms with Gasteiger partial charge in [-0.15, -0.1) is 0 Å². The summed E-state index contributed by atoms with van der Waals surface area (Å²) in [5.74, 6) is 0.572. The SMILES string of the molecule is Cn1cc(-c2ccc(Nc3ncc(Br)cn3)cc2)cn1. The van der Waals surface area contributed by atoms with Crippen LogP contribution < -0.4 is 5.32 Å². The standard InChI is InChI=1S/C14H12BrN5/c1-20-9-11(6-18-20)10-2-4-13(5-3-10)19-14-16-7-12(15)8-17-14/h2-9H,1H3,(H,16,17,19). The lowest BCUT2D eigenvalue weighted by atomic mass is 10.1. The molecule has 6 heteroatoms. The van der Waals surface area contributed by atoms with Gasteiger partial charge in [0.25, 0.3) is 0 Å². The smallest absolute Gasteiger partial charge is 0.227 e. The van der Waals surface area contributed by atoms with Gasteiger partial charge in [0, 0.05) is 36.9 Å². The lowest BCUT2D eigenvalue weighted by molar-refractivity contribution is 0.768. The number of hydrogen-bond donors (Lipinski definition) is 1. The molecule has 1 aromatic carbocycles. The molecule has 0 saturated heterocycles. The number of halogens is 1. The fourth-order valence-electron chi connectivity index (χ4n) is 1.82. The molecule has 20 heavy (non-hydrogen) atoms. The number of aromatic nitrogens is 4. The summed E-state index contributed by atoms with van der Waals surface area (Å²) in [5.41, 5.74) is 3.17. The molecule has 0 unspecified atom stereocenters. The first kappa shape index (κ1) is 12.8. The molecule has 1 N–H and O–H groups in total.